The van der Waals surface area contributed by atoms with Crippen molar-refractivity contribution in [1.82, 2.24) is 4.98 Å². The first-order valence-corrected chi connectivity index (χ1v) is 9.36. The quantitative estimate of drug-likeness (QED) is 0.739. The van der Waals surface area contributed by atoms with Gasteiger partial charge in [0.25, 0.3) is 0 Å². The van der Waals surface area contributed by atoms with Crippen molar-refractivity contribution >= 4 is 17.6 Å². The van der Waals surface area contributed by atoms with Gasteiger partial charge < -0.3 is 4.74 Å². The summed E-state index contributed by atoms with van der Waals surface area (Å²) in [5.41, 5.74) is 0.584. The van der Waals surface area contributed by atoms with Gasteiger partial charge >= 0.3 is 6.09 Å². The van der Waals surface area contributed by atoms with Gasteiger partial charge in [0.1, 0.15) is 17.6 Å². The van der Waals surface area contributed by atoms with Gasteiger partial charge in [-0.05, 0) is 60.9 Å². The molecule has 0 aliphatic heterocycles. The van der Waals surface area contributed by atoms with Crippen LogP contribution in [-0.4, -0.2) is 17.2 Å². The van der Waals surface area contributed by atoms with E-state index in [1.54, 1.807) is 18.3 Å². The summed E-state index contributed by atoms with van der Waals surface area (Å²) in [7, 11) is 0. The standard InChI is InChI=1S/C22H26N2O2/c1-16(2)19-13-12-17(3)15-20(19)26-22(25)24(18-9-5-4-6-10-18)21-11-7-8-14-23-21/h4-5,7-9,11,14,16-17,19-20H,12-13,15H2,1-3H3/t17-,19+,20-/m1/s1. The van der Waals surface area contributed by atoms with Gasteiger partial charge in [-0.25, -0.2) is 14.7 Å². The van der Waals surface area contributed by atoms with Gasteiger partial charge in [0.2, 0.25) is 0 Å². The Hall–Kier alpha value is -2.54. The van der Waals surface area contributed by atoms with E-state index in [0.29, 0.717) is 29.3 Å². The number of amides is 1. The summed E-state index contributed by atoms with van der Waals surface area (Å²) in [6, 6.07) is 16.8. The van der Waals surface area contributed by atoms with Gasteiger partial charge in [-0.2, -0.15) is 0 Å². The van der Waals surface area contributed by atoms with Gasteiger partial charge in [-0.3, -0.25) is 0 Å². The number of hydrogen-bond acceptors (Lipinski definition) is 3. The molecule has 1 fully saturated rings. The number of nitrogens with zero attached hydrogens (tertiary/aromatic N) is 2. The third-order valence-corrected chi connectivity index (χ3v) is 5.15. The molecule has 3 rings (SSSR count). The molecule has 26 heavy (non-hydrogen) atoms. The lowest BCUT2D eigenvalue weighted by atomic mass is 9.75. The van der Waals surface area contributed by atoms with Gasteiger partial charge in [-0.15, -0.1) is 0 Å². The fraction of sp³-hybridized carbons (Fsp3) is 0.455. The minimum atomic E-state index is -0.399. The lowest BCUT2D eigenvalue weighted by Crippen LogP contribution is -2.39. The molecule has 0 saturated heterocycles. The highest BCUT2D eigenvalue weighted by molar-refractivity contribution is 5.94. The topological polar surface area (TPSA) is 42.4 Å². The maximum absolute atomic E-state index is 13.1. The Morgan fingerprint density at radius 1 is 1.27 bits per heavy atom. The average molecular weight is 350 g/mol. The Kier molecular flexibility index (Phi) is 5.78. The fourth-order valence-electron chi connectivity index (χ4n) is 3.71. The average Bonchev–Trinajstić information content (AvgIpc) is 2.63. The van der Waals surface area contributed by atoms with Crippen LogP contribution in [0.1, 0.15) is 40.0 Å². The minimum Gasteiger partial charge on any atom is -0.445 e. The first kappa shape index (κ1) is 18.3. The summed E-state index contributed by atoms with van der Waals surface area (Å²) >= 11 is 0. The Morgan fingerprint density at radius 3 is 2.77 bits per heavy atom. The lowest BCUT2D eigenvalue weighted by molar-refractivity contribution is 0.0104. The smallest absolute Gasteiger partial charge is 0.420 e. The second kappa shape index (κ2) is 8.23. The van der Waals surface area contributed by atoms with Crippen molar-refractivity contribution in [1.29, 1.82) is 0 Å². The summed E-state index contributed by atoms with van der Waals surface area (Å²) < 4.78 is 6.02. The van der Waals surface area contributed by atoms with E-state index < -0.39 is 6.09 Å². The normalized spacial score (nSPS) is 22.5. The zero-order valence-electron chi connectivity index (χ0n) is 15.7. The molecule has 1 saturated carbocycles. The van der Waals surface area contributed by atoms with Crippen molar-refractivity contribution in [2.24, 2.45) is 17.8 Å². The van der Waals surface area contributed by atoms with E-state index in [1.165, 1.54) is 11.3 Å². The van der Waals surface area contributed by atoms with E-state index in [-0.39, 0.29) is 6.10 Å². The Balaban J connectivity index is 1.86. The van der Waals surface area contributed by atoms with Crippen molar-refractivity contribution in [3.63, 3.8) is 0 Å². The zero-order valence-corrected chi connectivity index (χ0v) is 15.7. The monoisotopic (exact) mass is 350 g/mol. The number of rotatable bonds is 4. The van der Waals surface area contributed by atoms with Crippen LogP contribution in [0.15, 0.2) is 42.6 Å². The highest BCUT2D eigenvalue weighted by atomic mass is 16.6. The maximum atomic E-state index is 13.1. The minimum absolute atomic E-state index is 0.0647. The molecule has 1 aliphatic carbocycles. The summed E-state index contributed by atoms with van der Waals surface area (Å²) in [4.78, 5) is 18.9. The largest absolute Gasteiger partial charge is 0.445 e. The van der Waals surface area contributed by atoms with Crippen LogP contribution in [0.4, 0.5) is 16.3 Å². The van der Waals surface area contributed by atoms with Crippen LogP contribution in [0.5, 0.6) is 0 Å². The lowest BCUT2D eigenvalue weighted by Gasteiger charge is -2.37. The second-order valence-electron chi connectivity index (χ2n) is 7.45. The molecule has 1 amide bonds. The van der Waals surface area contributed by atoms with Crippen molar-refractivity contribution < 1.29 is 9.53 Å². The number of pyridine rings is 1. The third kappa shape index (κ3) is 4.16. The molecule has 1 heterocycles. The fourth-order valence-corrected chi connectivity index (χ4v) is 3.71. The summed E-state index contributed by atoms with van der Waals surface area (Å²) in [5.74, 6) is 1.98. The van der Waals surface area contributed by atoms with E-state index in [0.717, 1.165) is 12.8 Å². The Labute approximate surface area is 156 Å². The van der Waals surface area contributed by atoms with Crippen LogP contribution < -0.4 is 4.90 Å². The molecule has 3 atom stereocenters. The van der Waals surface area contributed by atoms with Crippen LogP contribution in [0.3, 0.4) is 0 Å². The number of aromatic nitrogens is 1. The van der Waals surface area contributed by atoms with E-state index in [1.807, 2.05) is 24.3 Å². The molecule has 1 aliphatic rings. The summed E-state index contributed by atoms with van der Waals surface area (Å²) in [6.45, 7) is 6.64. The van der Waals surface area contributed by atoms with Crippen molar-refractivity contribution in [3.05, 3.63) is 54.7 Å². The highest BCUT2D eigenvalue weighted by Crippen LogP contribution is 2.36. The molecule has 0 bridgehead atoms. The van der Waals surface area contributed by atoms with Gasteiger partial charge in [0.05, 0.1) is 0 Å². The van der Waals surface area contributed by atoms with Crippen LogP contribution >= 0.6 is 0 Å². The predicted octanol–water partition coefficient (Wildman–Crippen LogP) is 5.42. The molecule has 1 aromatic carbocycles. The first-order chi connectivity index (χ1) is 12.6. The SMILES string of the molecule is CC(C)[C@@H]1CC[C@@H](C)C[C@H]1OC(=O)N(c1c#cccc1)c1ccccn1. The molecule has 4 heteroatoms. The van der Waals surface area contributed by atoms with Crippen LogP contribution in [-0.2, 0) is 4.74 Å². The van der Waals surface area contributed by atoms with Crippen LogP contribution in [0, 0.1) is 29.9 Å². The molecule has 0 radical (unpaired) electrons. The van der Waals surface area contributed by atoms with E-state index >= 15 is 0 Å². The molecular weight excluding hydrogens is 324 g/mol. The molecule has 0 unspecified atom stereocenters. The summed E-state index contributed by atoms with van der Waals surface area (Å²) in [5, 5.41) is 0. The number of carbonyl (C=O) groups excluding carboxylic acids is 1. The number of hydrogen-bond donors (Lipinski definition) is 0. The molecular formula is C22H26N2O2. The van der Waals surface area contributed by atoms with Gasteiger partial charge in [-0.1, -0.05) is 45.4 Å². The molecule has 2 aromatic rings. The Bertz CT molecular complexity index is 663. The second-order valence-corrected chi connectivity index (χ2v) is 7.45. The Morgan fingerprint density at radius 2 is 2.12 bits per heavy atom. The molecule has 136 valence electrons. The number of carbonyl (C=O) groups is 1. The zero-order chi connectivity index (χ0) is 18.5. The van der Waals surface area contributed by atoms with Crippen molar-refractivity contribution in [2.45, 2.75) is 46.1 Å². The first-order valence-electron chi connectivity index (χ1n) is 9.36. The predicted molar refractivity (Wildman–Crippen MR) is 102 cm³/mol. The maximum Gasteiger partial charge on any atom is 0.420 e. The van der Waals surface area contributed by atoms with Crippen LogP contribution in [0.2, 0.25) is 0 Å². The number of ether oxygens (including phenoxy) is 1. The number of anilines is 2. The van der Waals surface area contributed by atoms with Crippen LogP contribution in [0.25, 0.3) is 0 Å². The molecule has 0 spiro atoms. The van der Waals surface area contributed by atoms with Crippen molar-refractivity contribution in [3.8, 4) is 0 Å². The summed E-state index contributed by atoms with van der Waals surface area (Å²) in [6.07, 6.45) is 4.42. The van der Waals surface area contributed by atoms with Gasteiger partial charge in [0, 0.05) is 6.20 Å². The van der Waals surface area contributed by atoms with E-state index in [4.69, 9.17) is 4.74 Å². The van der Waals surface area contributed by atoms with Gasteiger partial charge in [0.15, 0.2) is 0 Å². The van der Waals surface area contributed by atoms with Crippen molar-refractivity contribution in [2.75, 3.05) is 4.90 Å². The molecule has 1 aromatic heterocycles. The molecule has 4 nitrogen and oxygen atoms in total. The molecule has 0 N–H and O–H groups in total. The highest BCUT2D eigenvalue weighted by Gasteiger charge is 2.35. The van der Waals surface area contributed by atoms with E-state index in [2.05, 4.69) is 37.9 Å². The third-order valence-electron chi connectivity index (χ3n) is 5.15. The van der Waals surface area contributed by atoms with E-state index in [9.17, 15) is 4.79 Å².